The van der Waals surface area contributed by atoms with Gasteiger partial charge in [-0.3, -0.25) is 4.79 Å². The summed E-state index contributed by atoms with van der Waals surface area (Å²) in [6.45, 7) is 0.0878. The Kier molecular flexibility index (Phi) is 6.59. The summed E-state index contributed by atoms with van der Waals surface area (Å²) >= 11 is 0. The second kappa shape index (κ2) is 9.77. The van der Waals surface area contributed by atoms with Gasteiger partial charge in [-0.2, -0.15) is 0 Å². The number of carbonyl (C=O) groups excluding carboxylic acids is 2. The fraction of sp³-hybridized carbons (Fsp3) is 0.520. The number of hydrogen-bond donors (Lipinski definition) is 2. The van der Waals surface area contributed by atoms with Gasteiger partial charge in [0, 0.05) is 18.5 Å². The topological polar surface area (TPSA) is 107 Å². The van der Waals surface area contributed by atoms with Crippen LogP contribution in [0.25, 0.3) is 6.08 Å². The molecule has 2 heterocycles. The first-order chi connectivity index (χ1) is 16.1. The first-order valence-electron chi connectivity index (χ1n) is 11.6. The molecule has 2 N–H and O–H groups in total. The highest BCUT2D eigenvalue weighted by Crippen LogP contribution is 2.40. The molecule has 2 aliphatic heterocycles. The summed E-state index contributed by atoms with van der Waals surface area (Å²) in [6.07, 6.45) is 8.88. The Bertz CT molecular complexity index is 958. The number of allylic oxidation sites excluding steroid dienone is 1. The van der Waals surface area contributed by atoms with Crippen LogP contribution in [0.15, 0.2) is 42.0 Å². The van der Waals surface area contributed by atoms with Crippen LogP contribution in [0, 0.1) is 5.92 Å². The SMILES string of the molecule is O=C(NCCO)C1=CC2OCOC2C(OC(=O)c2cccc(C=CC3CCC4OC4C3)c2)C1. The molecule has 1 saturated carbocycles. The highest BCUT2D eigenvalue weighted by Gasteiger charge is 2.43. The third-order valence-corrected chi connectivity index (χ3v) is 6.67. The largest absolute Gasteiger partial charge is 0.456 e. The molecule has 2 saturated heterocycles. The zero-order valence-electron chi connectivity index (χ0n) is 18.4. The van der Waals surface area contributed by atoms with E-state index in [9.17, 15) is 9.59 Å². The second-order valence-corrected chi connectivity index (χ2v) is 8.97. The molecule has 3 fully saturated rings. The van der Waals surface area contributed by atoms with Crippen LogP contribution in [-0.2, 0) is 23.7 Å². The molecule has 6 unspecified atom stereocenters. The van der Waals surface area contributed by atoms with Crippen molar-refractivity contribution in [2.75, 3.05) is 19.9 Å². The fourth-order valence-electron chi connectivity index (χ4n) is 4.84. The lowest BCUT2D eigenvalue weighted by Gasteiger charge is -2.30. The Hall–Kier alpha value is -2.52. The van der Waals surface area contributed by atoms with Gasteiger partial charge in [0.1, 0.15) is 25.1 Å². The molecule has 1 amide bonds. The van der Waals surface area contributed by atoms with Gasteiger partial charge < -0.3 is 29.4 Å². The van der Waals surface area contributed by atoms with Crippen molar-refractivity contribution in [2.24, 2.45) is 5.92 Å². The first kappa shape index (κ1) is 22.3. The molecule has 6 atom stereocenters. The molecule has 5 rings (SSSR count). The number of rotatable bonds is 7. The van der Waals surface area contributed by atoms with Gasteiger partial charge in [0.05, 0.1) is 24.4 Å². The summed E-state index contributed by atoms with van der Waals surface area (Å²) in [4.78, 5) is 25.3. The molecule has 2 aliphatic carbocycles. The number of fused-ring (bicyclic) bond motifs is 2. The van der Waals surface area contributed by atoms with Crippen molar-refractivity contribution in [3.8, 4) is 0 Å². The Morgan fingerprint density at radius 2 is 2.12 bits per heavy atom. The highest BCUT2D eigenvalue weighted by molar-refractivity contribution is 5.94. The number of ether oxygens (including phenoxy) is 4. The summed E-state index contributed by atoms with van der Waals surface area (Å²) in [5.41, 5.74) is 1.84. The zero-order valence-corrected chi connectivity index (χ0v) is 18.4. The van der Waals surface area contributed by atoms with Gasteiger partial charge in [0.15, 0.2) is 0 Å². The smallest absolute Gasteiger partial charge is 0.338 e. The van der Waals surface area contributed by atoms with Crippen LogP contribution in [-0.4, -0.2) is 67.4 Å². The third-order valence-electron chi connectivity index (χ3n) is 6.67. The third kappa shape index (κ3) is 5.19. The zero-order chi connectivity index (χ0) is 22.8. The molecule has 4 aliphatic rings. The summed E-state index contributed by atoms with van der Waals surface area (Å²) in [5, 5.41) is 11.6. The van der Waals surface area contributed by atoms with Gasteiger partial charge in [-0.05, 0) is 49.0 Å². The van der Waals surface area contributed by atoms with Gasteiger partial charge in [-0.15, -0.1) is 0 Å². The van der Waals surface area contributed by atoms with E-state index in [2.05, 4.69) is 17.5 Å². The Morgan fingerprint density at radius 3 is 2.97 bits per heavy atom. The molecular formula is C25H29NO7. The number of aliphatic hydroxyl groups excluding tert-OH is 1. The molecule has 33 heavy (non-hydrogen) atoms. The summed E-state index contributed by atoms with van der Waals surface area (Å²) < 4.78 is 22.6. The predicted molar refractivity (Wildman–Crippen MR) is 118 cm³/mol. The van der Waals surface area contributed by atoms with E-state index < -0.39 is 24.3 Å². The minimum absolute atomic E-state index is 0.0829. The standard InChI is InChI=1S/C25H29NO7/c27-9-8-26-24(28)18-12-21-23(31-14-30-21)22(13-18)33-25(29)17-3-1-2-15(10-17)4-5-16-6-7-19-20(11-16)32-19/h1-5,10,12,16,19-23,27H,6-9,11,13-14H2,(H,26,28). The Morgan fingerprint density at radius 1 is 1.21 bits per heavy atom. The van der Waals surface area contributed by atoms with Crippen molar-refractivity contribution < 1.29 is 33.6 Å². The van der Waals surface area contributed by atoms with Crippen LogP contribution >= 0.6 is 0 Å². The van der Waals surface area contributed by atoms with Crippen molar-refractivity contribution in [3.63, 3.8) is 0 Å². The number of epoxide rings is 1. The summed E-state index contributed by atoms with van der Waals surface area (Å²) in [7, 11) is 0. The molecule has 176 valence electrons. The molecule has 1 aromatic rings. The first-order valence-corrected chi connectivity index (χ1v) is 11.6. The summed E-state index contributed by atoms with van der Waals surface area (Å²) in [5.74, 6) is -0.268. The quantitative estimate of drug-likeness (QED) is 0.478. The number of carbonyl (C=O) groups is 2. The highest BCUT2D eigenvalue weighted by atomic mass is 16.7. The average molecular weight is 456 g/mol. The van der Waals surface area contributed by atoms with Crippen LogP contribution in [0.1, 0.15) is 41.6 Å². The maximum atomic E-state index is 12.9. The van der Waals surface area contributed by atoms with E-state index in [1.165, 1.54) is 0 Å². The molecule has 0 radical (unpaired) electrons. The molecule has 0 bridgehead atoms. The molecule has 8 heteroatoms. The fourth-order valence-corrected chi connectivity index (χ4v) is 4.84. The number of nitrogens with one attached hydrogen (secondary N) is 1. The lowest BCUT2D eigenvalue weighted by Crippen LogP contribution is -2.43. The average Bonchev–Trinajstić information content (AvgIpc) is 3.45. The van der Waals surface area contributed by atoms with Crippen LogP contribution in [0.2, 0.25) is 0 Å². The lowest BCUT2D eigenvalue weighted by atomic mass is 9.88. The van der Waals surface area contributed by atoms with Crippen LogP contribution < -0.4 is 5.32 Å². The number of benzene rings is 1. The number of aliphatic hydroxyl groups is 1. The molecule has 0 aromatic heterocycles. The number of amides is 1. The molecule has 8 nitrogen and oxygen atoms in total. The Balaban J connectivity index is 1.23. The van der Waals surface area contributed by atoms with Gasteiger partial charge >= 0.3 is 5.97 Å². The lowest BCUT2D eigenvalue weighted by molar-refractivity contribution is -0.118. The molecule has 0 spiro atoms. The van der Waals surface area contributed by atoms with E-state index in [1.807, 2.05) is 18.2 Å². The van der Waals surface area contributed by atoms with Crippen molar-refractivity contribution in [3.05, 3.63) is 53.1 Å². The molecule has 1 aromatic carbocycles. The number of hydrogen-bond acceptors (Lipinski definition) is 7. The van der Waals surface area contributed by atoms with Crippen LogP contribution in [0.5, 0.6) is 0 Å². The van der Waals surface area contributed by atoms with Gasteiger partial charge in [-0.25, -0.2) is 4.79 Å². The van der Waals surface area contributed by atoms with E-state index >= 15 is 0 Å². The van der Waals surface area contributed by atoms with E-state index in [4.69, 9.17) is 24.1 Å². The minimum Gasteiger partial charge on any atom is -0.456 e. The second-order valence-electron chi connectivity index (χ2n) is 8.97. The van der Waals surface area contributed by atoms with Crippen molar-refractivity contribution in [2.45, 2.75) is 56.2 Å². The molecular weight excluding hydrogens is 426 g/mol. The predicted octanol–water partition coefficient (Wildman–Crippen LogP) is 1.97. The van der Waals surface area contributed by atoms with E-state index in [1.54, 1.807) is 12.1 Å². The van der Waals surface area contributed by atoms with Gasteiger partial charge in [0.25, 0.3) is 0 Å². The van der Waals surface area contributed by atoms with Gasteiger partial charge in [0.2, 0.25) is 5.91 Å². The van der Waals surface area contributed by atoms with E-state index in [0.29, 0.717) is 29.3 Å². The summed E-state index contributed by atoms with van der Waals surface area (Å²) in [6, 6.07) is 7.34. The van der Waals surface area contributed by atoms with Crippen LogP contribution in [0.3, 0.4) is 0 Å². The van der Waals surface area contributed by atoms with Crippen molar-refractivity contribution in [1.29, 1.82) is 0 Å². The number of esters is 1. The maximum Gasteiger partial charge on any atom is 0.338 e. The van der Waals surface area contributed by atoms with Gasteiger partial charge in [-0.1, -0.05) is 24.3 Å². The Labute approximate surface area is 192 Å². The van der Waals surface area contributed by atoms with Crippen molar-refractivity contribution >= 4 is 18.0 Å². The minimum atomic E-state index is -0.641. The normalized spacial score (nSPS) is 32.6. The maximum absolute atomic E-state index is 12.9. The van der Waals surface area contributed by atoms with E-state index in [0.717, 1.165) is 24.8 Å². The van der Waals surface area contributed by atoms with E-state index in [-0.39, 0.29) is 32.3 Å². The monoisotopic (exact) mass is 455 g/mol. The van der Waals surface area contributed by atoms with Crippen molar-refractivity contribution in [1.82, 2.24) is 5.32 Å². The van der Waals surface area contributed by atoms with Crippen LogP contribution in [0.4, 0.5) is 0 Å².